The Morgan fingerprint density at radius 2 is 2.19 bits per heavy atom. The quantitative estimate of drug-likeness (QED) is 0.748. The maximum absolute atomic E-state index is 5.00. The van der Waals surface area contributed by atoms with Crippen LogP contribution in [0.5, 0.6) is 0 Å². The van der Waals surface area contributed by atoms with E-state index in [1.54, 1.807) is 23.9 Å². The number of benzene rings is 1. The lowest BCUT2D eigenvalue weighted by Crippen LogP contribution is -1.96. The molecule has 0 saturated carbocycles. The van der Waals surface area contributed by atoms with Gasteiger partial charge in [0.1, 0.15) is 0 Å². The van der Waals surface area contributed by atoms with Crippen LogP contribution in [-0.2, 0) is 6.54 Å². The fourth-order valence-corrected chi connectivity index (χ4v) is 2.38. The standard InChI is InChI=1S/C12H10N2OS/c1-2-4-11-10(3-1)14-12(16-11)13-7-9-5-6-15-8-9/h1-6,8H,7H2,(H,13,14). The Morgan fingerprint density at radius 3 is 3.00 bits per heavy atom. The summed E-state index contributed by atoms with van der Waals surface area (Å²) in [6.45, 7) is 0.746. The summed E-state index contributed by atoms with van der Waals surface area (Å²) >= 11 is 1.67. The van der Waals surface area contributed by atoms with Crippen molar-refractivity contribution in [2.24, 2.45) is 0 Å². The van der Waals surface area contributed by atoms with Gasteiger partial charge in [-0.25, -0.2) is 4.98 Å². The van der Waals surface area contributed by atoms with Crippen LogP contribution >= 0.6 is 11.3 Å². The number of hydrogen-bond acceptors (Lipinski definition) is 4. The molecule has 3 rings (SSSR count). The summed E-state index contributed by atoms with van der Waals surface area (Å²) in [6, 6.07) is 10.1. The lowest BCUT2D eigenvalue weighted by molar-refractivity contribution is 0.564. The third kappa shape index (κ3) is 1.79. The molecular formula is C12H10N2OS. The van der Waals surface area contributed by atoms with Crippen molar-refractivity contribution in [3.05, 3.63) is 48.4 Å². The molecule has 1 N–H and O–H groups in total. The molecule has 80 valence electrons. The van der Waals surface area contributed by atoms with Crippen LogP contribution in [0.3, 0.4) is 0 Å². The van der Waals surface area contributed by atoms with Crippen LogP contribution in [-0.4, -0.2) is 4.98 Å². The highest BCUT2D eigenvalue weighted by atomic mass is 32.1. The SMILES string of the molecule is c1ccc2sc(NCc3ccoc3)nc2c1. The van der Waals surface area contributed by atoms with Gasteiger partial charge in [0, 0.05) is 12.1 Å². The highest BCUT2D eigenvalue weighted by Crippen LogP contribution is 2.25. The average Bonchev–Trinajstić information content (AvgIpc) is 2.95. The first kappa shape index (κ1) is 9.42. The van der Waals surface area contributed by atoms with Gasteiger partial charge >= 0.3 is 0 Å². The molecule has 0 spiro atoms. The Hall–Kier alpha value is -1.81. The molecule has 0 aliphatic rings. The maximum Gasteiger partial charge on any atom is 0.184 e. The Morgan fingerprint density at radius 1 is 1.25 bits per heavy atom. The molecular weight excluding hydrogens is 220 g/mol. The monoisotopic (exact) mass is 230 g/mol. The molecule has 3 aromatic rings. The minimum atomic E-state index is 0.746. The molecule has 0 unspecified atom stereocenters. The third-order valence-corrected chi connectivity index (χ3v) is 3.31. The Labute approximate surface area is 96.7 Å². The molecule has 2 heterocycles. The first-order valence-corrected chi connectivity index (χ1v) is 5.84. The summed E-state index contributed by atoms with van der Waals surface area (Å²) < 4.78 is 6.21. The van der Waals surface area contributed by atoms with Gasteiger partial charge in [-0.05, 0) is 18.2 Å². The third-order valence-electron chi connectivity index (χ3n) is 2.32. The summed E-state index contributed by atoms with van der Waals surface area (Å²) in [7, 11) is 0. The number of nitrogens with one attached hydrogen (secondary N) is 1. The van der Waals surface area contributed by atoms with Crippen LogP contribution in [0, 0.1) is 0 Å². The first-order chi connectivity index (χ1) is 7.92. The zero-order chi connectivity index (χ0) is 10.8. The summed E-state index contributed by atoms with van der Waals surface area (Å²) in [5.74, 6) is 0. The van der Waals surface area contributed by atoms with Gasteiger partial charge in [-0.3, -0.25) is 0 Å². The van der Waals surface area contributed by atoms with Crippen molar-refractivity contribution in [1.29, 1.82) is 0 Å². The van der Waals surface area contributed by atoms with Crippen molar-refractivity contribution in [2.75, 3.05) is 5.32 Å². The van der Waals surface area contributed by atoms with E-state index in [1.807, 2.05) is 24.3 Å². The minimum absolute atomic E-state index is 0.746. The minimum Gasteiger partial charge on any atom is -0.472 e. The van der Waals surface area contributed by atoms with Gasteiger partial charge < -0.3 is 9.73 Å². The molecule has 0 saturated heterocycles. The van der Waals surface area contributed by atoms with E-state index in [1.165, 1.54) is 4.70 Å². The molecule has 0 radical (unpaired) electrons. The number of hydrogen-bond donors (Lipinski definition) is 1. The Bertz CT molecular complexity index is 553. The lowest BCUT2D eigenvalue weighted by Gasteiger charge is -1.97. The molecule has 2 aromatic heterocycles. The molecule has 0 aliphatic heterocycles. The molecule has 3 nitrogen and oxygen atoms in total. The van der Waals surface area contributed by atoms with Gasteiger partial charge in [-0.2, -0.15) is 0 Å². The van der Waals surface area contributed by atoms with Crippen LogP contribution in [0.15, 0.2) is 47.3 Å². The molecule has 4 heteroatoms. The van der Waals surface area contributed by atoms with Crippen molar-refractivity contribution in [1.82, 2.24) is 4.98 Å². The maximum atomic E-state index is 5.00. The van der Waals surface area contributed by atoms with Crippen LogP contribution < -0.4 is 5.32 Å². The van der Waals surface area contributed by atoms with Crippen molar-refractivity contribution in [3.63, 3.8) is 0 Å². The number of fused-ring (bicyclic) bond motifs is 1. The summed E-state index contributed by atoms with van der Waals surface area (Å²) in [6.07, 6.45) is 3.41. The topological polar surface area (TPSA) is 38.1 Å². The van der Waals surface area contributed by atoms with E-state index in [-0.39, 0.29) is 0 Å². The second-order valence-corrected chi connectivity index (χ2v) is 4.50. The number of nitrogens with zero attached hydrogens (tertiary/aromatic N) is 1. The molecule has 0 fully saturated rings. The van der Waals surface area contributed by atoms with E-state index in [0.717, 1.165) is 22.8 Å². The molecule has 0 bridgehead atoms. The highest BCUT2D eigenvalue weighted by molar-refractivity contribution is 7.22. The van der Waals surface area contributed by atoms with E-state index in [9.17, 15) is 0 Å². The average molecular weight is 230 g/mol. The van der Waals surface area contributed by atoms with E-state index < -0.39 is 0 Å². The molecule has 0 atom stereocenters. The van der Waals surface area contributed by atoms with E-state index in [2.05, 4.69) is 16.4 Å². The Balaban J connectivity index is 1.79. The number of para-hydroxylation sites is 1. The van der Waals surface area contributed by atoms with E-state index in [0.29, 0.717) is 0 Å². The van der Waals surface area contributed by atoms with Gasteiger partial charge in [0.25, 0.3) is 0 Å². The molecule has 1 aromatic carbocycles. The lowest BCUT2D eigenvalue weighted by atomic mass is 10.3. The fraction of sp³-hybridized carbons (Fsp3) is 0.0833. The van der Waals surface area contributed by atoms with Crippen molar-refractivity contribution < 1.29 is 4.42 Å². The number of aromatic nitrogens is 1. The van der Waals surface area contributed by atoms with Crippen LogP contribution in [0.25, 0.3) is 10.2 Å². The smallest absolute Gasteiger partial charge is 0.184 e. The van der Waals surface area contributed by atoms with Crippen molar-refractivity contribution in [2.45, 2.75) is 6.54 Å². The van der Waals surface area contributed by atoms with Gasteiger partial charge in [0.05, 0.1) is 22.7 Å². The predicted molar refractivity (Wildman–Crippen MR) is 65.7 cm³/mol. The number of anilines is 1. The van der Waals surface area contributed by atoms with Gasteiger partial charge in [0.15, 0.2) is 5.13 Å². The van der Waals surface area contributed by atoms with Crippen LogP contribution in [0.4, 0.5) is 5.13 Å². The largest absolute Gasteiger partial charge is 0.472 e. The number of furan rings is 1. The fourth-order valence-electron chi connectivity index (χ4n) is 1.52. The molecule has 16 heavy (non-hydrogen) atoms. The number of rotatable bonds is 3. The van der Waals surface area contributed by atoms with Crippen molar-refractivity contribution in [3.8, 4) is 0 Å². The zero-order valence-electron chi connectivity index (χ0n) is 8.51. The van der Waals surface area contributed by atoms with Crippen molar-refractivity contribution >= 4 is 26.7 Å². The number of thiazole rings is 1. The normalized spacial score (nSPS) is 10.8. The summed E-state index contributed by atoms with van der Waals surface area (Å²) in [5.41, 5.74) is 2.17. The first-order valence-electron chi connectivity index (χ1n) is 5.02. The summed E-state index contributed by atoms with van der Waals surface area (Å²) in [5, 5.41) is 4.23. The van der Waals surface area contributed by atoms with Crippen LogP contribution in [0.1, 0.15) is 5.56 Å². The van der Waals surface area contributed by atoms with Gasteiger partial charge in [-0.1, -0.05) is 23.5 Å². The second kappa shape index (κ2) is 3.98. The summed E-state index contributed by atoms with van der Waals surface area (Å²) in [4.78, 5) is 4.49. The van der Waals surface area contributed by atoms with Gasteiger partial charge in [0.2, 0.25) is 0 Å². The molecule has 0 amide bonds. The van der Waals surface area contributed by atoms with E-state index >= 15 is 0 Å². The Kier molecular flexibility index (Phi) is 2.34. The zero-order valence-corrected chi connectivity index (χ0v) is 9.33. The van der Waals surface area contributed by atoms with Crippen LogP contribution in [0.2, 0.25) is 0 Å². The predicted octanol–water partition coefficient (Wildman–Crippen LogP) is 3.50. The highest BCUT2D eigenvalue weighted by Gasteiger charge is 2.02. The van der Waals surface area contributed by atoms with E-state index in [4.69, 9.17) is 4.42 Å². The van der Waals surface area contributed by atoms with Gasteiger partial charge in [-0.15, -0.1) is 0 Å². The molecule has 0 aliphatic carbocycles. The second-order valence-electron chi connectivity index (χ2n) is 3.47.